The van der Waals surface area contributed by atoms with Crippen LogP contribution in [0.5, 0.6) is 5.75 Å². The van der Waals surface area contributed by atoms with Crippen molar-refractivity contribution in [2.75, 3.05) is 6.61 Å². The van der Waals surface area contributed by atoms with Crippen LogP contribution in [0.15, 0.2) is 42.5 Å². The van der Waals surface area contributed by atoms with Crippen molar-refractivity contribution in [3.05, 3.63) is 58.6 Å². The summed E-state index contributed by atoms with van der Waals surface area (Å²) < 4.78 is 35.9. The average molecular weight is 353 g/mol. The van der Waals surface area contributed by atoms with Gasteiger partial charge in [0.1, 0.15) is 0 Å². The molecule has 0 saturated heterocycles. The molecule has 22 heavy (non-hydrogen) atoms. The van der Waals surface area contributed by atoms with Crippen molar-refractivity contribution in [2.24, 2.45) is 0 Å². The van der Waals surface area contributed by atoms with E-state index in [0.717, 1.165) is 17.2 Å². The van der Waals surface area contributed by atoms with Gasteiger partial charge in [0.2, 0.25) is 0 Å². The Morgan fingerprint density at radius 2 is 1.68 bits per heavy atom. The maximum absolute atomic E-state index is 9.67. The van der Waals surface area contributed by atoms with E-state index in [4.69, 9.17) is 16.3 Å². The third-order valence-electron chi connectivity index (χ3n) is 2.83. The van der Waals surface area contributed by atoms with Crippen LogP contribution in [0.25, 0.3) is 0 Å². The molecule has 0 amide bonds. The van der Waals surface area contributed by atoms with Crippen molar-refractivity contribution < 1.29 is 17.7 Å². The van der Waals surface area contributed by atoms with Gasteiger partial charge >= 0.3 is 157 Å². The van der Waals surface area contributed by atoms with Crippen LogP contribution >= 0.6 is 11.6 Å². The fraction of sp³-hybridized carbons (Fsp3) is 0.200. The Hall–Kier alpha value is 0.0213. The smallest absolute Gasteiger partial charge is 0.254 e. The largest absolute Gasteiger partial charge is 0.762 e. The molecule has 0 atom stereocenters. The molecule has 0 aliphatic heterocycles. The van der Waals surface area contributed by atoms with Gasteiger partial charge in [-0.15, -0.1) is 0 Å². The zero-order valence-electron chi connectivity index (χ0n) is 12.5. The summed E-state index contributed by atoms with van der Waals surface area (Å²) in [6, 6.07) is 14.6. The number of rotatable bonds is 4. The van der Waals surface area contributed by atoms with Gasteiger partial charge < -0.3 is 0 Å². The first-order chi connectivity index (χ1) is 10.4. The summed E-state index contributed by atoms with van der Waals surface area (Å²) in [4.78, 5) is 0. The Labute approximate surface area is 168 Å². The van der Waals surface area contributed by atoms with Gasteiger partial charge in [-0.25, -0.2) is 0 Å². The predicted molar refractivity (Wildman–Crippen MR) is 86.3 cm³/mol. The van der Waals surface area contributed by atoms with E-state index in [1.807, 2.05) is 25.1 Å². The first-order valence-electron chi connectivity index (χ1n) is 6.81. The van der Waals surface area contributed by atoms with Gasteiger partial charge in [0.15, 0.2) is 0 Å². The summed E-state index contributed by atoms with van der Waals surface area (Å²) in [7, 11) is -3.67. The Bertz CT molecular complexity index is 579. The van der Waals surface area contributed by atoms with E-state index in [0.29, 0.717) is 55.6 Å². The molecule has 2 rings (SSSR count). The molecule has 7 heteroatoms. The zero-order chi connectivity index (χ0) is 16.5. The van der Waals surface area contributed by atoms with Gasteiger partial charge in [-0.1, -0.05) is 0 Å². The molecule has 0 aromatic heterocycles. The summed E-state index contributed by atoms with van der Waals surface area (Å²) in [5.74, 6) is 0.923. The van der Waals surface area contributed by atoms with Crippen LogP contribution in [0.2, 0.25) is 5.02 Å². The van der Waals surface area contributed by atoms with Gasteiger partial charge in [0.05, 0.1) is 0 Å². The zero-order valence-corrected chi connectivity index (χ0v) is 16.3. The van der Waals surface area contributed by atoms with Crippen molar-refractivity contribution in [1.82, 2.24) is 0 Å². The van der Waals surface area contributed by atoms with Crippen molar-refractivity contribution in [3.8, 4) is 5.75 Å². The molecule has 0 aliphatic carbocycles. The Balaban J connectivity index is 0.000000541. The molecular formula is C15H14BClF3KO. The number of ether oxygens (including phenoxy) is 1. The molecule has 0 heterocycles. The normalized spacial score (nSPS) is 9.77. The molecule has 2 aromatic carbocycles. The molecule has 2 aromatic rings. The third-order valence-corrected chi connectivity index (χ3v) is 4.17. The van der Waals surface area contributed by atoms with Crippen LogP contribution in [0, 0.1) is 0 Å². The van der Waals surface area contributed by atoms with Gasteiger partial charge in [-0.2, -0.15) is 0 Å². The summed E-state index contributed by atoms with van der Waals surface area (Å²) in [6.45, 7) is 2.70. The van der Waals surface area contributed by atoms with E-state index in [1.165, 1.54) is 10.8 Å². The molecule has 0 fully saturated rings. The standard InChI is InChI=1S/C15H14ClO.BF3.K/c1-2-17-14-9-7-12(8-10-14)11-13-5-3-4-6-15(13)16;2-1(3)4;/h4-10H,2,11H2,1H3;;. The van der Waals surface area contributed by atoms with E-state index in [1.54, 1.807) is 0 Å². The molecular weight excluding hydrogens is 339 g/mol. The van der Waals surface area contributed by atoms with E-state index in [-0.39, 0.29) is 0 Å². The quantitative estimate of drug-likeness (QED) is 0.756. The summed E-state index contributed by atoms with van der Waals surface area (Å²) in [5.41, 5.74) is 2.48. The molecule has 0 N–H and O–H groups in total. The first-order valence-corrected chi connectivity index (χ1v) is 8.75. The second-order valence-electron chi connectivity index (χ2n) is 4.60. The van der Waals surface area contributed by atoms with Crippen LogP contribution in [-0.2, 0) is 6.42 Å². The Morgan fingerprint density at radius 3 is 2.23 bits per heavy atom. The van der Waals surface area contributed by atoms with Crippen molar-refractivity contribution in [2.45, 2.75) is 13.3 Å². The van der Waals surface area contributed by atoms with Gasteiger partial charge in [0.25, 0.3) is 0 Å². The molecule has 112 valence electrons. The van der Waals surface area contributed by atoms with Crippen LogP contribution in [0.4, 0.5) is 12.9 Å². The SMILES string of the molecule is CCOc1ccc(Cc2c[c]([K])ccc2Cl)cc1.FB(F)F. The minimum atomic E-state index is -3.67. The number of benzene rings is 2. The fourth-order valence-electron chi connectivity index (χ4n) is 1.93. The summed E-state index contributed by atoms with van der Waals surface area (Å²) in [5, 5.41) is 0.858. The van der Waals surface area contributed by atoms with Crippen molar-refractivity contribution in [3.63, 3.8) is 0 Å². The van der Waals surface area contributed by atoms with E-state index in [9.17, 15) is 12.9 Å². The maximum atomic E-state index is 9.67. The van der Waals surface area contributed by atoms with Crippen molar-refractivity contribution in [1.29, 1.82) is 0 Å². The monoisotopic (exact) mass is 352 g/mol. The fourth-order valence-corrected chi connectivity index (χ4v) is 2.92. The van der Waals surface area contributed by atoms with Crippen molar-refractivity contribution >= 4 is 67.8 Å². The average Bonchev–Trinajstić information content (AvgIpc) is 2.45. The van der Waals surface area contributed by atoms with E-state index >= 15 is 0 Å². The number of halogens is 4. The first kappa shape index (κ1) is 20.1. The second-order valence-corrected chi connectivity index (χ2v) is 6.81. The van der Waals surface area contributed by atoms with E-state index < -0.39 is 7.54 Å². The van der Waals surface area contributed by atoms with Crippen LogP contribution in [0.3, 0.4) is 0 Å². The Kier molecular flexibility index (Phi) is 9.79. The molecule has 0 radical (unpaired) electrons. The summed E-state index contributed by atoms with van der Waals surface area (Å²) >= 11 is 6.92. The number of hydrogen-bond acceptors (Lipinski definition) is 1. The molecule has 0 unspecified atom stereocenters. The Morgan fingerprint density at radius 1 is 1.09 bits per heavy atom. The van der Waals surface area contributed by atoms with Crippen LogP contribution < -0.4 is 4.39 Å². The third kappa shape index (κ3) is 8.04. The number of hydrogen-bond donors (Lipinski definition) is 0. The predicted octanol–water partition coefficient (Wildman–Crippen LogP) is 4.00. The topological polar surface area (TPSA) is 9.23 Å². The maximum Gasteiger partial charge on any atom is 0.762 e. The van der Waals surface area contributed by atoms with Crippen LogP contribution in [0.1, 0.15) is 18.1 Å². The molecule has 1 nitrogen and oxygen atoms in total. The molecule has 0 saturated carbocycles. The molecule has 0 aliphatic rings. The van der Waals surface area contributed by atoms with Gasteiger partial charge in [-0.3, -0.25) is 12.9 Å². The van der Waals surface area contributed by atoms with Gasteiger partial charge in [0, 0.05) is 0 Å². The molecule has 0 spiro atoms. The van der Waals surface area contributed by atoms with Crippen LogP contribution in [-0.4, -0.2) is 63.1 Å². The van der Waals surface area contributed by atoms with E-state index in [2.05, 4.69) is 24.3 Å². The van der Waals surface area contributed by atoms with Gasteiger partial charge in [-0.05, 0) is 0 Å². The molecule has 0 bridgehead atoms. The minimum Gasteiger partial charge on any atom is -0.254 e. The summed E-state index contributed by atoms with van der Waals surface area (Å²) in [6.07, 6.45) is 0.884. The second kappa shape index (κ2) is 10.7. The minimum absolute atomic E-state index is 0.700.